The van der Waals surface area contributed by atoms with Gasteiger partial charge in [0.15, 0.2) is 0 Å². The Labute approximate surface area is 168 Å². The Morgan fingerprint density at radius 1 is 0.926 bits per heavy atom. The van der Waals surface area contributed by atoms with Gasteiger partial charge in [-0.3, -0.25) is 14.4 Å². The molecule has 146 valence electrons. The Balaban J connectivity index is 1.47. The Morgan fingerprint density at radius 2 is 1.48 bits per heavy atom. The number of rotatable bonds is 4. The molecule has 0 atom stereocenters. The average molecular weight is 412 g/mol. The average Bonchev–Trinajstić information content (AvgIpc) is 3.19. The van der Waals surface area contributed by atoms with E-state index in [2.05, 4.69) is 5.32 Å². The highest BCUT2D eigenvalue weighted by Crippen LogP contribution is 2.24. The number of carbonyl (C=O) groups is 3. The maximum atomic E-state index is 12.6. The zero-order valence-corrected chi connectivity index (χ0v) is 16.6. The zero-order valence-electron chi connectivity index (χ0n) is 15.0. The summed E-state index contributed by atoms with van der Waals surface area (Å²) in [5.41, 5.74) is 0.441. The maximum Gasteiger partial charge on any atom is 0.254 e. The Morgan fingerprint density at radius 3 is 2.07 bits per heavy atom. The highest BCUT2D eigenvalue weighted by atomic mass is 35.5. The summed E-state index contributed by atoms with van der Waals surface area (Å²) < 4.78 is 0. The first-order chi connectivity index (χ1) is 12.9. The summed E-state index contributed by atoms with van der Waals surface area (Å²) in [6, 6.07) is 4.76. The van der Waals surface area contributed by atoms with Crippen LogP contribution in [-0.4, -0.2) is 60.2 Å². The number of piperazine rings is 1. The number of carbonyl (C=O) groups excluding carboxylic acids is 3. The van der Waals surface area contributed by atoms with Crippen LogP contribution >= 0.6 is 23.2 Å². The number of nitrogens with zero attached hydrogens (tertiary/aromatic N) is 2. The first-order valence-electron chi connectivity index (χ1n) is 9.25. The van der Waals surface area contributed by atoms with Crippen LogP contribution < -0.4 is 5.32 Å². The van der Waals surface area contributed by atoms with Crippen molar-refractivity contribution in [1.29, 1.82) is 0 Å². The van der Waals surface area contributed by atoms with E-state index in [0.29, 0.717) is 41.8 Å². The first kappa shape index (κ1) is 20.0. The summed E-state index contributed by atoms with van der Waals surface area (Å²) in [6.45, 7) is 1.78. The van der Waals surface area contributed by atoms with Crippen molar-refractivity contribution in [2.75, 3.05) is 32.7 Å². The molecule has 1 saturated heterocycles. The normalized spacial score (nSPS) is 17.9. The smallest absolute Gasteiger partial charge is 0.254 e. The van der Waals surface area contributed by atoms with Crippen molar-refractivity contribution in [2.45, 2.75) is 25.7 Å². The molecule has 6 nitrogen and oxygen atoms in total. The Bertz CT molecular complexity index is 707. The fraction of sp³-hybridized carbons (Fsp3) is 0.526. The van der Waals surface area contributed by atoms with Gasteiger partial charge in [-0.15, -0.1) is 0 Å². The van der Waals surface area contributed by atoms with Gasteiger partial charge in [-0.1, -0.05) is 36.0 Å². The van der Waals surface area contributed by atoms with Crippen molar-refractivity contribution >= 4 is 40.9 Å². The molecule has 1 aliphatic carbocycles. The maximum absolute atomic E-state index is 12.6. The number of benzene rings is 1. The fourth-order valence-corrected chi connectivity index (χ4v) is 4.15. The molecule has 2 aliphatic rings. The Hall–Kier alpha value is -1.79. The lowest BCUT2D eigenvalue weighted by Gasteiger charge is -2.35. The first-order valence-corrected chi connectivity index (χ1v) is 10.0. The molecule has 3 amide bonds. The largest absolute Gasteiger partial charge is 0.347 e. The highest BCUT2D eigenvalue weighted by Gasteiger charge is 2.27. The highest BCUT2D eigenvalue weighted by molar-refractivity contribution is 6.35. The van der Waals surface area contributed by atoms with Crippen molar-refractivity contribution < 1.29 is 14.4 Å². The van der Waals surface area contributed by atoms with E-state index < -0.39 is 0 Å². The molecule has 8 heteroatoms. The lowest BCUT2D eigenvalue weighted by Crippen LogP contribution is -2.52. The molecule has 2 fully saturated rings. The topological polar surface area (TPSA) is 69.7 Å². The van der Waals surface area contributed by atoms with Gasteiger partial charge in [0, 0.05) is 47.7 Å². The molecule has 1 aromatic rings. The number of nitrogens with one attached hydrogen (secondary N) is 1. The summed E-state index contributed by atoms with van der Waals surface area (Å²) in [5.74, 6) is -0.232. The SMILES string of the molecule is O=C(NCC(=O)N1CCN(C(=O)c2cc(Cl)cc(Cl)c2)CC1)C1CCCC1. The second-order valence-corrected chi connectivity index (χ2v) is 7.90. The molecule has 27 heavy (non-hydrogen) atoms. The summed E-state index contributed by atoms with van der Waals surface area (Å²) in [7, 11) is 0. The van der Waals surface area contributed by atoms with Crippen LogP contribution in [0.25, 0.3) is 0 Å². The molecule has 0 unspecified atom stereocenters. The summed E-state index contributed by atoms with van der Waals surface area (Å²) >= 11 is 11.9. The number of hydrogen-bond donors (Lipinski definition) is 1. The molecule has 0 bridgehead atoms. The number of amides is 3. The van der Waals surface area contributed by atoms with Crippen LogP contribution in [0.4, 0.5) is 0 Å². The Kier molecular flexibility index (Phi) is 6.60. The predicted octanol–water partition coefficient (Wildman–Crippen LogP) is 2.58. The van der Waals surface area contributed by atoms with Gasteiger partial charge in [-0.2, -0.15) is 0 Å². The second-order valence-electron chi connectivity index (χ2n) is 7.03. The van der Waals surface area contributed by atoms with E-state index in [9.17, 15) is 14.4 Å². The van der Waals surface area contributed by atoms with Crippen LogP contribution in [0, 0.1) is 5.92 Å². The lowest BCUT2D eigenvalue weighted by atomic mass is 10.1. The van der Waals surface area contributed by atoms with Gasteiger partial charge in [0.25, 0.3) is 5.91 Å². The van der Waals surface area contributed by atoms with Crippen LogP contribution in [0.1, 0.15) is 36.0 Å². The number of hydrogen-bond acceptors (Lipinski definition) is 3. The minimum atomic E-state index is -0.152. The molecule has 0 radical (unpaired) electrons. The summed E-state index contributed by atoms with van der Waals surface area (Å²) in [6.07, 6.45) is 3.99. The minimum Gasteiger partial charge on any atom is -0.347 e. The quantitative estimate of drug-likeness (QED) is 0.827. The standard InChI is InChI=1S/C19H23Cl2N3O3/c20-15-9-14(10-16(21)11-15)19(27)24-7-5-23(6-8-24)17(25)12-22-18(26)13-3-1-2-4-13/h9-11,13H,1-8,12H2,(H,22,26). The van der Waals surface area contributed by atoms with Crippen molar-refractivity contribution in [3.05, 3.63) is 33.8 Å². The van der Waals surface area contributed by atoms with Crippen molar-refractivity contribution in [2.24, 2.45) is 5.92 Å². The van der Waals surface area contributed by atoms with Gasteiger partial charge < -0.3 is 15.1 Å². The van der Waals surface area contributed by atoms with Crippen molar-refractivity contribution in [3.63, 3.8) is 0 Å². The summed E-state index contributed by atoms with van der Waals surface area (Å²) in [4.78, 5) is 40.3. The van der Waals surface area contributed by atoms with Gasteiger partial charge in [0.1, 0.15) is 0 Å². The van der Waals surface area contributed by atoms with Crippen LogP contribution in [-0.2, 0) is 9.59 Å². The molecular weight excluding hydrogens is 389 g/mol. The third-order valence-corrected chi connectivity index (χ3v) is 5.61. The van der Waals surface area contributed by atoms with Gasteiger partial charge in [-0.05, 0) is 31.0 Å². The van der Waals surface area contributed by atoms with Crippen molar-refractivity contribution in [3.8, 4) is 0 Å². The van der Waals surface area contributed by atoms with Crippen LogP contribution in [0.2, 0.25) is 10.0 Å². The zero-order chi connectivity index (χ0) is 19.4. The van der Waals surface area contributed by atoms with Gasteiger partial charge >= 0.3 is 0 Å². The molecule has 0 aromatic heterocycles. The monoisotopic (exact) mass is 411 g/mol. The molecule has 1 aliphatic heterocycles. The van der Waals surface area contributed by atoms with Gasteiger partial charge in [0.2, 0.25) is 11.8 Å². The fourth-order valence-electron chi connectivity index (χ4n) is 3.63. The third kappa shape index (κ3) is 5.14. The number of halogens is 2. The van der Waals surface area contributed by atoms with Crippen LogP contribution in [0.5, 0.6) is 0 Å². The van der Waals surface area contributed by atoms with E-state index in [4.69, 9.17) is 23.2 Å². The van der Waals surface area contributed by atoms with E-state index in [1.165, 1.54) is 0 Å². The molecule has 1 heterocycles. The van der Waals surface area contributed by atoms with Gasteiger partial charge in [0.05, 0.1) is 6.54 Å². The predicted molar refractivity (Wildman–Crippen MR) is 104 cm³/mol. The third-order valence-electron chi connectivity index (χ3n) is 5.17. The molecular formula is C19H23Cl2N3O3. The molecule has 3 rings (SSSR count). The van der Waals surface area contributed by atoms with E-state index >= 15 is 0 Å². The summed E-state index contributed by atoms with van der Waals surface area (Å²) in [5, 5.41) is 3.58. The van der Waals surface area contributed by atoms with E-state index in [-0.39, 0.29) is 30.2 Å². The van der Waals surface area contributed by atoms with Crippen molar-refractivity contribution in [1.82, 2.24) is 15.1 Å². The van der Waals surface area contributed by atoms with E-state index in [1.807, 2.05) is 0 Å². The van der Waals surface area contributed by atoms with Gasteiger partial charge in [-0.25, -0.2) is 0 Å². The molecule has 1 aromatic carbocycles. The van der Waals surface area contributed by atoms with E-state index in [1.54, 1.807) is 28.0 Å². The van der Waals surface area contributed by atoms with Crippen LogP contribution in [0.15, 0.2) is 18.2 Å². The minimum absolute atomic E-state index is 0.0208. The molecule has 1 saturated carbocycles. The van der Waals surface area contributed by atoms with Crippen LogP contribution in [0.3, 0.4) is 0 Å². The molecule has 0 spiro atoms. The second kappa shape index (κ2) is 8.93. The lowest BCUT2D eigenvalue weighted by molar-refractivity contribution is -0.134. The van der Waals surface area contributed by atoms with E-state index in [0.717, 1.165) is 25.7 Å². The molecule has 1 N–H and O–H groups in total.